The fourth-order valence-corrected chi connectivity index (χ4v) is 2.64. The van der Waals surface area contributed by atoms with E-state index in [1.54, 1.807) is 0 Å². The number of amides is 1. The second-order valence-electron chi connectivity index (χ2n) is 4.44. The van der Waals surface area contributed by atoms with Crippen molar-refractivity contribution in [2.75, 3.05) is 36.9 Å². The lowest BCUT2D eigenvalue weighted by atomic mass is 10.3. The highest BCUT2D eigenvalue weighted by molar-refractivity contribution is 7.18. The number of hydrogen-bond acceptors (Lipinski definition) is 6. The first-order chi connectivity index (χ1) is 8.58. The van der Waals surface area contributed by atoms with Gasteiger partial charge in [-0.25, -0.2) is 4.98 Å². The third kappa shape index (κ3) is 2.91. The zero-order chi connectivity index (χ0) is 13.1. The molecule has 0 spiro atoms. The van der Waals surface area contributed by atoms with E-state index in [9.17, 15) is 4.79 Å². The molecule has 1 aliphatic rings. The normalized spacial score (nSPS) is 16.1. The first kappa shape index (κ1) is 13.1. The topological polar surface area (TPSA) is 80.5 Å². The summed E-state index contributed by atoms with van der Waals surface area (Å²) in [5.74, 6) is 0.152. The van der Waals surface area contributed by atoms with Crippen LogP contribution in [0.15, 0.2) is 0 Å². The van der Waals surface area contributed by atoms with E-state index in [-0.39, 0.29) is 11.9 Å². The van der Waals surface area contributed by atoms with Crippen LogP contribution in [0.5, 0.6) is 0 Å². The molecule has 1 aromatic rings. The van der Waals surface area contributed by atoms with Gasteiger partial charge in [0.2, 0.25) is 0 Å². The number of nitrogens with zero attached hydrogens (tertiary/aromatic N) is 2. The molecule has 1 saturated heterocycles. The van der Waals surface area contributed by atoms with Crippen LogP contribution in [0.2, 0.25) is 0 Å². The summed E-state index contributed by atoms with van der Waals surface area (Å²) in [4.78, 5) is 18.8. The van der Waals surface area contributed by atoms with E-state index in [4.69, 9.17) is 10.5 Å². The molecule has 2 heterocycles. The zero-order valence-corrected chi connectivity index (χ0v) is 11.4. The van der Waals surface area contributed by atoms with Gasteiger partial charge in [-0.15, -0.1) is 0 Å². The minimum absolute atomic E-state index is 0.0887. The molecular formula is C11H18N4O2S. The zero-order valence-electron chi connectivity index (χ0n) is 10.6. The number of aromatic nitrogens is 1. The van der Waals surface area contributed by atoms with Gasteiger partial charge in [0.05, 0.1) is 13.2 Å². The van der Waals surface area contributed by atoms with Crippen molar-refractivity contribution in [3.05, 3.63) is 4.88 Å². The second-order valence-corrected chi connectivity index (χ2v) is 5.42. The van der Waals surface area contributed by atoms with Crippen molar-refractivity contribution >= 4 is 28.2 Å². The molecule has 1 fully saturated rings. The fourth-order valence-electron chi connectivity index (χ4n) is 1.70. The highest BCUT2D eigenvalue weighted by Crippen LogP contribution is 2.28. The molecule has 7 heteroatoms. The van der Waals surface area contributed by atoms with E-state index in [1.165, 1.54) is 11.3 Å². The molecule has 1 aromatic heterocycles. The van der Waals surface area contributed by atoms with Gasteiger partial charge in [0, 0.05) is 19.1 Å². The van der Waals surface area contributed by atoms with Crippen molar-refractivity contribution in [2.45, 2.75) is 19.9 Å². The summed E-state index contributed by atoms with van der Waals surface area (Å²) in [6.45, 7) is 6.78. The van der Waals surface area contributed by atoms with Crippen LogP contribution in [0, 0.1) is 0 Å². The van der Waals surface area contributed by atoms with Gasteiger partial charge in [-0.05, 0) is 13.8 Å². The molecule has 0 aliphatic carbocycles. The van der Waals surface area contributed by atoms with Gasteiger partial charge in [0.1, 0.15) is 10.7 Å². The monoisotopic (exact) mass is 270 g/mol. The maximum atomic E-state index is 11.9. The quantitative estimate of drug-likeness (QED) is 0.845. The highest BCUT2D eigenvalue weighted by Gasteiger charge is 2.21. The van der Waals surface area contributed by atoms with Gasteiger partial charge in [0.25, 0.3) is 5.91 Å². The number of nitrogens with one attached hydrogen (secondary N) is 1. The van der Waals surface area contributed by atoms with Gasteiger partial charge in [0.15, 0.2) is 5.13 Å². The molecule has 1 amide bonds. The summed E-state index contributed by atoms with van der Waals surface area (Å²) in [6, 6.07) is 0.0887. The lowest BCUT2D eigenvalue weighted by Crippen LogP contribution is -2.36. The molecule has 0 bridgehead atoms. The van der Waals surface area contributed by atoms with Crippen molar-refractivity contribution in [2.24, 2.45) is 0 Å². The maximum Gasteiger partial charge on any atom is 0.265 e. The molecule has 2 rings (SSSR count). The fraction of sp³-hybridized carbons (Fsp3) is 0.636. The van der Waals surface area contributed by atoms with E-state index in [0.717, 1.165) is 18.2 Å². The first-order valence-corrected chi connectivity index (χ1v) is 6.79. The Morgan fingerprint density at radius 3 is 2.78 bits per heavy atom. The molecule has 6 nitrogen and oxygen atoms in total. The number of thiazole rings is 1. The Bertz CT molecular complexity index is 427. The number of hydrogen-bond donors (Lipinski definition) is 2. The van der Waals surface area contributed by atoms with E-state index in [0.29, 0.717) is 23.9 Å². The van der Waals surface area contributed by atoms with Gasteiger partial charge >= 0.3 is 0 Å². The van der Waals surface area contributed by atoms with Gasteiger partial charge < -0.3 is 20.7 Å². The van der Waals surface area contributed by atoms with Crippen molar-refractivity contribution in [1.82, 2.24) is 10.3 Å². The van der Waals surface area contributed by atoms with Crippen LogP contribution in [-0.2, 0) is 4.74 Å². The summed E-state index contributed by atoms with van der Waals surface area (Å²) in [5, 5.41) is 3.62. The van der Waals surface area contributed by atoms with Crippen molar-refractivity contribution in [3.63, 3.8) is 0 Å². The molecule has 0 saturated carbocycles. The average molecular weight is 270 g/mol. The van der Waals surface area contributed by atoms with Crippen molar-refractivity contribution in [1.29, 1.82) is 0 Å². The van der Waals surface area contributed by atoms with E-state index >= 15 is 0 Å². The summed E-state index contributed by atoms with van der Waals surface area (Å²) >= 11 is 1.34. The number of nitrogen functional groups attached to an aromatic ring is 1. The first-order valence-electron chi connectivity index (χ1n) is 5.98. The predicted octanol–water partition coefficient (Wildman–Crippen LogP) is 0.700. The third-order valence-corrected chi connectivity index (χ3v) is 3.68. The van der Waals surface area contributed by atoms with E-state index in [2.05, 4.69) is 15.2 Å². The molecule has 100 valence electrons. The van der Waals surface area contributed by atoms with Crippen LogP contribution < -0.4 is 16.0 Å². The lowest BCUT2D eigenvalue weighted by Gasteiger charge is -2.25. The van der Waals surface area contributed by atoms with Crippen LogP contribution in [0.25, 0.3) is 0 Å². The Labute approximate surface area is 110 Å². The summed E-state index contributed by atoms with van der Waals surface area (Å²) in [6.07, 6.45) is 0. The summed E-state index contributed by atoms with van der Waals surface area (Å²) < 4.78 is 5.28. The highest BCUT2D eigenvalue weighted by atomic mass is 32.1. The minimum atomic E-state index is -0.153. The lowest BCUT2D eigenvalue weighted by molar-refractivity contribution is 0.0948. The van der Waals surface area contributed by atoms with Crippen LogP contribution in [0.3, 0.4) is 0 Å². The average Bonchev–Trinajstić information content (AvgIpc) is 2.72. The SMILES string of the molecule is CC(C)NC(=O)c1sc(N2CCOCC2)nc1N. The van der Waals surface area contributed by atoms with Crippen molar-refractivity contribution < 1.29 is 9.53 Å². The maximum absolute atomic E-state index is 11.9. The number of anilines is 2. The van der Waals surface area contributed by atoms with Crippen molar-refractivity contribution in [3.8, 4) is 0 Å². The molecule has 18 heavy (non-hydrogen) atoms. The second kappa shape index (κ2) is 5.53. The van der Waals surface area contributed by atoms with Crippen LogP contribution >= 0.6 is 11.3 Å². The molecule has 1 aliphatic heterocycles. The predicted molar refractivity (Wildman–Crippen MR) is 72.2 cm³/mol. The van der Waals surface area contributed by atoms with Crippen LogP contribution in [-0.4, -0.2) is 43.2 Å². The molecule has 0 aromatic carbocycles. The number of rotatable bonds is 3. The van der Waals surface area contributed by atoms with Crippen LogP contribution in [0.1, 0.15) is 23.5 Å². The Balaban J connectivity index is 2.13. The summed E-state index contributed by atoms with van der Waals surface area (Å²) in [5.41, 5.74) is 5.81. The number of nitrogens with two attached hydrogens (primary N) is 1. The molecular weight excluding hydrogens is 252 g/mol. The number of carbonyl (C=O) groups excluding carboxylic acids is 1. The van der Waals surface area contributed by atoms with Crippen LogP contribution in [0.4, 0.5) is 10.9 Å². The van der Waals surface area contributed by atoms with Gasteiger partial charge in [-0.1, -0.05) is 11.3 Å². The standard InChI is InChI=1S/C11H18N4O2S/c1-7(2)13-10(16)8-9(12)14-11(18-8)15-3-5-17-6-4-15/h7H,3-6,12H2,1-2H3,(H,13,16). The summed E-state index contributed by atoms with van der Waals surface area (Å²) in [7, 11) is 0. The molecule has 3 N–H and O–H groups in total. The number of morpholine rings is 1. The van der Waals surface area contributed by atoms with E-state index < -0.39 is 0 Å². The van der Waals surface area contributed by atoms with Gasteiger partial charge in [-0.3, -0.25) is 4.79 Å². The third-order valence-electron chi connectivity index (χ3n) is 2.55. The number of carbonyl (C=O) groups is 1. The Hall–Kier alpha value is -1.34. The molecule has 0 atom stereocenters. The van der Waals surface area contributed by atoms with E-state index in [1.807, 2.05) is 13.8 Å². The van der Waals surface area contributed by atoms with Gasteiger partial charge in [-0.2, -0.15) is 0 Å². The Morgan fingerprint density at radius 2 is 2.17 bits per heavy atom. The Kier molecular flexibility index (Phi) is 4.03. The molecule has 0 radical (unpaired) electrons. The molecule has 0 unspecified atom stereocenters. The largest absolute Gasteiger partial charge is 0.382 e. The smallest absolute Gasteiger partial charge is 0.265 e. The number of ether oxygens (including phenoxy) is 1. The Morgan fingerprint density at radius 1 is 1.50 bits per heavy atom. The minimum Gasteiger partial charge on any atom is -0.382 e.